The molecule has 1 heterocycles. The fourth-order valence-corrected chi connectivity index (χ4v) is 2.43. The van der Waals surface area contributed by atoms with Crippen LogP contribution in [0, 0.1) is 0 Å². The summed E-state index contributed by atoms with van der Waals surface area (Å²) >= 11 is 0. The number of pyridine rings is 1. The van der Waals surface area contributed by atoms with E-state index in [-0.39, 0.29) is 11.6 Å². The van der Waals surface area contributed by atoms with E-state index in [1.807, 2.05) is 0 Å². The molecule has 0 aliphatic heterocycles. The van der Waals surface area contributed by atoms with Gasteiger partial charge in [0.2, 0.25) is 5.88 Å². The normalized spacial score (nSPS) is 14.3. The molecule has 1 aromatic carbocycles. The van der Waals surface area contributed by atoms with Crippen molar-refractivity contribution in [1.29, 1.82) is 0 Å². The molecule has 1 N–H and O–H groups in total. The molecule has 0 spiro atoms. The summed E-state index contributed by atoms with van der Waals surface area (Å²) in [6.07, 6.45) is -7.60. The number of alkyl halides is 3. The topological polar surface area (TPSA) is 95.0 Å². The summed E-state index contributed by atoms with van der Waals surface area (Å²) in [6.45, 7) is 0.941. The maximum atomic E-state index is 12.8. The van der Waals surface area contributed by atoms with E-state index >= 15 is 0 Å². The summed E-state index contributed by atoms with van der Waals surface area (Å²) in [7, 11) is 0. The number of hydrogen-bond acceptors (Lipinski definition) is 6. The van der Waals surface area contributed by atoms with Crippen molar-refractivity contribution < 1.29 is 42.1 Å². The van der Waals surface area contributed by atoms with E-state index in [1.54, 1.807) is 6.07 Å². The van der Waals surface area contributed by atoms with Gasteiger partial charge in [-0.2, -0.15) is 13.2 Å². The van der Waals surface area contributed by atoms with Crippen molar-refractivity contribution >= 4 is 11.9 Å². The molecule has 0 saturated heterocycles. The minimum absolute atomic E-state index is 0.0185. The number of aliphatic carboxylic acids is 1. The lowest BCUT2D eigenvalue weighted by Gasteiger charge is -2.35. The quantitative estimate of drug-likeness (QED) is 0.496. The summed E-state index contributed by atoms with van der Waals surface area (Å²) in [4.78, 5) is 27.6. The number of ether oxygens (including phenoxy) is 3. The number of nitrogens with zero attached hydrogens (tertiary/aromatic N) is 1. The van der Waals surface area contributed by atoms with Crippen molar-refractivity contribution in [2.75, 3.05) is 0 Å². The maximum absolute atomic E-state index is 12.8. The predicted molar refractivity (Wildman–Crippen MR) is 93.1 cm³/mol. The lowest BCUT2D eigenvalue weighted by Crippen LogP contribution is -2.60. The number of rotatable bonds is 9. The summed E-state index contributed by atoms with van der Waals surface area (Å²) in [6, 6.07) is 11.7. The molecule has 0 aliphatic carbocycles. The number of esters is 1. The van der Waals surface area contributed by atoms with E-state index < -0.39 is 42.8 Å². The van der Waals surface area contributed by atoms with Gasteiger partial charge in [0.1, 0.15) is 5.75 Å². The molecular formula is C19H18F3NO6. The van der Waals surface area contributed by atoms with E-state index in [0.29, 0.717) is 0 Å². The van der Waals surface area contributed by atoms with Gasteiger partial charge in [0.05, 0.1) is 0 Å². The fourth-order valence-electron chi connectivity index (χ4n) is 2.43. The number of aromatic nitrogens is 1. The van der Waals surface area contributed by atoms with Crippen LogP contribution in [0.2, 0.25) is 0 Å². The van der Waals surface area contributed by atoms with Crippen LogP contribution in [0.4, 0.5) is 13.2 Å². The molecule has 0 saturated carbocycles. The van der Waals surface area contributed by atoms with Gasteiger partial charge < -0.3 is 19.3 Å². The smallest absolute Gasteiger partial charge is 0.394 e. The van der Waals surface area contributed by atoms with Gasteiger partial charge in [-0.25, -0.2) is 9.78 Å². The average Bonchev–Trinajstić information content (AvgIpc) is 2.65. The highest BCUT2D eigenvalue weighted by molar-refractivity contribution is 5.78. The third-order valence-corrected chi connectivity index (χ3v) is 3.63. The summed E-state index contributed by atoms with van der Waals surface area (Å²) < 4.78 is 54.3. The molecule has 0 bridgehead atoms. The standard InChI is InChI=1S/C19H18F3NO6/c1-13(24)27-15(10-11-18(20,21)22)19(17(25)26,28-14-7-3-2-4-8-14)29-16-9-5-6-12-23-16/h2-9,12,15H,10-11H2,1H3,(H,25,26). The first-order chi connectivity index (χ1) is 13.6. The molecule has 0 fully saturated rings. The SMILES string of the molecule is CC(=O)OC(CCC(F)(F)F)C(Oc1ccccc1)(Oc1ccccn1)C(=O)O. The van der Waals surface area contributed by atoms with Crippen molar-refractivity contribution in [1.82, 2.24) is 4.98 Å². The van der Waals surface area contributed by atoms with Crippen molar-refractivity contribution in [3.63, 3.8) is 0 Å². The minimum Gasteiger partial charge on any atom is -0.475 e. The van der Waals surface area contributed by atoms with Gasteiger partial charge in [0, 0.05) is 32.0 Å². The number of hydrogen-bond donors (Lipinski definition) is 1. The number of para-hydroxylation sites is 1. The molecule has 29 heavy (non-hydrogen) atoms. The summed E-state index contributed by atoms with van der Waals surface area (Å²) in [5.41, 5.74) is 0. The summed E-state index contributed by atoms with van der Waals surface area (Å²) in [5.74, 6) is -5.86. The van der Waals surface area contributed by atoms with Crippen LogP contribution in [-0.4, -0.2) is 40.1 Å². The molecule has 0 amide bonds. The highest BCUT2D eigenvalue weighted by atomic mass is 19.4. The molecule has 2 atom stereocenters. The highest BCUT2D eigenvalue weighted by Crippen LogP contribution is 2.32. The Balaban J connectivity index is 2.52. The van der Waals surface area contributed by atoms with Crippen LogP contribution in [0.15, 0.2) is 54.7 Å². The first-order valence-corrected chi connectivity index (χ1v) is 8.44. The minimum atomic E-state index is -4.62. The Labute approximate surface area is 164 Å². The zero-order valence-corrected chi connectivity index (χ0v) is 15.3. The second-order valence-corrected chi connectivity index (χ2v) is 5.91. The van der Waals surface area contributed by atoms with E-state index in [1.165, 1.54) is 48.7 Å². The predicted octanol–water partition coefficient (Wildman–Crippen LogP) is 3.59. The van der Waals surface area contributed by atoms with Gasteiger partial charge in [-0.1, -0.05) is 24.3 Å². The van der Waals surface area contributed by atoms with E-state index in [2.05, 4.69) is 4.98 Å². The van der Waals surface area contributed by atoms with Crippen LogP contribution in [0.5, 0.6) is 11.6 Å². The van der Waals surface area contributed by atoms with E-state index in [9.17, 15) is 27.9 Å². The lowest BCUT2D eigenvalue weighted by atomic mass is 10.0. The molecule has 0 aliphatic rings. The van der Waals surface area contributed by atoms with Crippen LogP contribution in [0.1, 0.15) is 19.8 Å². The first kappa shape index (κ1) is 22.0. The number of carboxylic acid groups (broad SMARTS) is 1. The van der Waals surface area contributed by atoms with Gasteiger partial charge in [0.15, 0.2) is 6.10 Å². The molecule has 1 aromatic heterocycles. The zero-order valence-electron chi connectivity index (χ0n) is 15.3. The Morgan fingerprint density at radius 3 is 2.24 bits per heavy atom. The Morgan fingerprint density at radius 2 is 1.72 bits per heavy atom. The number of carbonyl (C=O) groups is 2. The van der Waals surface area contributed by atoms with Crippen molar-refractivity contribution in [3.8, 4) is 11.6 Å². The molecule has 2 unspecified atom stereocenters. The highest BCUT2D eigenvalue weighted by Gasteiger charge is 2.55. The fraction of sp³-hybridized carbons (Fsp3) is 0.316. The van der Waals surface area contributed by atoms with Gasteiger partial charge in [-0.15, -0.1) is 0 Å². The van der Waals surface area contributed by atoms with Gasteiger partial charge >= 0.3 is 23.9 Å². The third-order valence-electron chi connectivity index (χ3n) is 3.63. The van der Waals surface area contributed by atoms with Crippen molar-refractivity contribution in [3.05, 3.63) is 54.7 Å². The molecule has 7 nitrogen and oxygen atoms in total. The summed E-state index contributed by atoms with van der Waals surface area (Å²) in [5, 5.41) is 9.91. The van der Waals surface area contributed by atoms with Crippen molar-refractivity contribution in [2.45, 2.75) is 37.8 Å². The average molecular weight is 413 g/mol. The molecular weight excluding hydrogens is 395 g/mol. The molecule has 2 rings (SSSR count). The Bertz CT molecular complexity index is 772. The number of halogens is 3. The second kappa shape index (κ2) is 9.26. The van der Waals surface area contributed by atoms with E-state index in [0.717, 1.165) is 6.92 Å². The van der Waals surface area contributed by atoms with Crippen LogP contribution in [-0.2, 0) is 14.3 Å². The number of carboxylic acids is 1. The third kappa shape index (κ3) is 6.37. The van der Waals surface area contributed by atoms with Crippen molar-refractivity contribution in [2.24, 2.45) is 0 Å². The Kier molecular flexibility index (Phi) is 7.03. The number of carbonyl (C=O) groups excluding carboxylic acids is 1. The molecule has 0 radical (unpaired) electrons. The van der Waals surface area contributed by atoms with Crippen LogP contribution < -0.4 is 9.47 Å². The lowest BCUT2D eigenvalue weighted by molar-refractivity contribution is -0.227. The second-order valence-electron chi connectivity index (χ2n) is 5.91. The van der Waals surface area contributed by atoms with Crippen LogP contribution in [0.3, 0.4) is 0 Å². The van der Waals surface area contributed by atoms with Gasteiger partial charge in [0.25, 0.3) is 0 Å². The van der Waals surface area contributed by atoms with Gasteiger partial charge in [-0.05, 0) is 18.2 Å². The largest absolute Gasteiger partial charge is 0.475 e. The van der Waals surface area contributed by atoms with E-state index in [4.69, 9.17) is 14.2 Å². The zero-order chi connectivity index (χ0) is 21.5. The van der Waals surface area contributed by atoms with Gasteiger partial charge in [-0.3, -0.25) is 4.79 Å². The van der Waals surface area contributed by atoms with Crippen LogP contribution >= 0.6 is 0 Å². The number of benzene rings is 1. The Hall–Kier alpha value is -3.30. The first-order valence-electron chi connectivity index (χ1n) is 8.44. The monoisotopic (exact) mass is 413 g/mol. The Morgan fingerprint density at radius 1 is 1.07 bits per heavy atom. The molecule has 10 heteroatoms. The maximum Gasteiger partial charge on any atom is 0.394 e. The van der Waals surface area contributed by atoms with Crippen LogP contribution in [0.25, 0.3) is 0 Å². The molecule has 156 valence electrons. The molecule has 2 aromatic rings.